The SMILES string of the molecule is COc1ccc(CCC(=O)NCCc2cccc(Cl)c2)cc1OC. The van der Waals surface area contributed by atoms with E-state index < -0.39 is 0 Å². The summed E-state index contributed by atoms with van der Waals surface area (Å²) in [4.78, 5) is 12.0. The van der Waals surface area contributed by atoms with Gasteiger partial charge in [0.2, 0.25) is 5.91 Å². The molecule has 0 bridgehead atoms. The third-order valence-corrected chi connectivity index (χ3v) is 3.95. The largest absolute Gasteiger partial charge is 0.493 e. The number of methoxy groups -OCH3 is 2. The minimum atomic E-state index is 0.0341. The quantitative estimate of drug-likeness (QED) is 0.793. The summed E-state index contributed by atoms with van der Waals surface area (Å²) in [6, 6.07) is 13.4. The van der Waals surface area contributed by atoms with Crippen LogP contribution in [0.15, 0.2) is 42.5 Å². The van der Waals surface area contributed by atoms with Crippen molar-refractivity contribution in [3.05, 3.63) is 58.6 Å². The van der Waals surface area contributed by atoms with Crippen molar-refractivity contribution in [1.29, 1.82) is 0 Å². The second-order valence-corrected chi connectivity index (χ2v) is 5.86. The van der Waals surface area contributed by atoms with Crippen LogP contribution in [0.4, 0.5) is 0 Å². The normalized spacial score (nSPS) is 10.3. The molecule has 0 saturated carbocycles. The maximum atomic E-state index is 12.0. The van der Waals surface area contributed by atoms with E-state index in [0.29, 0.717) is 35.9 Å². The lowest BCUT2D eigenvalue weighted by Gasteiger charge is -2.10. The molecule has 128 valence electrons. The fourth-order valence-electron chi connectivity index (χ4n) is 2.42. The van der Waals surface area contributed by atoms with Gasteiger partial charge in [0.1, 0.15) is 0 Å². The molecule has 2 aromatic rings. The van der Waals surface area contributed by atoms with Gasteiger partial charge in [0, 0.05) is 18.0 Å². The fraction of sp³-hybridized carbons (Fsp3) is 0.316. The van der Waals surface area contributed by atoms with Crippen LogP contribution in [-0.4, -0.2) is 26.7 Å². The van der Waals surface area contributed by atoms with Crippen LogP contribution in [0.2, 0.25) is 5.02 Å². The Labute approximate surface area is 147 Å². The van der Waals surface area contributed by atoms with Crippen molar-refractivity contribution in [3.8, 4) is 11.5 Å². The molecule has 1 N–H and O–H groups in total. The number of amides is 1. The summed E-state index contributed by atoms with van der Waals surface area (Å²) in [5, 5.41) is 3.65. The summed E-state index contributed by atoms with van der Waals surface area (Å²) < 4.78 is 10.5. The van der Waals surface area contributed by atoms with E-state index in [-0.39, 0.29) is 5.91 Å². The monoisotopic (exact) mass is 347 g/mol. The number of carbonyl (C=O) groups excluding carboxylic acids is 1. The molecule has 24 heavy (non-hydrogen) atoms. The van der Waals surface area contributed by atoms with Gasteiger partial charge in [-0.15, -0.1) is 0 Å². The molecule has 2 aromatic carbocycles. The van der Waals surface area contributed by atoms with E-state index in [1.165, 1.54) is 0 Å². The van der Waals surface area contributed by atoms with Gasteiger partial charge in [-0.05, 0) is 48.2 Å². The van der Waals surface area contributed by atoms with Crippen molar-refractivity contribution in [2.24, 2.45) is 0 Å². The molecule has 0 saturated heterocycles. The second kappa shape index (κ2) is 9.18. The predicted octanol–water partition coefficient (Wildman–Crippen LogP) is 3.65. The van der Waals surface area contributed by atoms with Crippen LogP contribution in [0, 0.1) is 0 Å². The Kier molecular flexibility index (Phi) is 6.94. The molecule has 0 radical (unpaired) electrons. The molecule has 2 rings (SSSR count). The minimum Gasteiger partial charge on any atom is -0.493 e. The van der Waals surface area contributed by atoms with Crippen LogP contribution in [0.5, 0.6) is 11.5 Å². The molecular formula is C19H22ClNO3. The first-order valence-electron chi connectivity index (χ1n) is 7.84. The van der Waals surface area contributed by atoms with E-state index in [0.717, 1.165) is 17.5 Å². The van der Waals surface area contributed by atoms with Crippen molar-refractivity contribution in [2.75, 3.05) is 20.8 Å². The zero-order valence-corrected chi connectivity index (χ0v) is 14.7. The number of ether oxygens (including phenoxy) is 2. The Bertz CT molecular complexity index is 688. The lowest BCUT2D eigenvalue weighted by Crippen LogP contribution is -2.25. The molecule has 5 heteroatoms. The number of hydrogen-bond acceptors (Lipinski definition) is 3. The van der Waals surface area contributed by atoms with E-state index in [4.69, 9.17) is 21.1 Å². The van der Waals surface area contributed by atoms with Crippen molar-refractivity contribution < 1.29 is 14.3 Å². The Morgan fingerprint density at radius 1 is 1.00 bits per heavy atom. The Balaban J connectivity index is 1.77. The van der Waals surface area contributed by atoms with Gasteiger partial charge in [-0.3, -0.25) is 4.79 Å². The molecule has 1 amide bonds. The van der Waals surface area contributed by atoms with Crippen molar-refractivity contribution in [3.63, 3.8) is 0 Å². The van der Waals surface area contributed by atoms with E-state index in [2.05, 4.69) is 5.32 Å². The second-order valence-electron chi connectivity index (χ2n) is 5.42. The topological polar surface area (TPSA) is 47.6 Å². The summed E-state index contributed by atoms with van der Waals surface area (Å²) in [5.41, 5.74) is 2.15. The first-order chi connectivity index (χ1) is 11.6. The zero-order chi connectivity index (χ0) is 17.4. The minimum absolute atomic E-state index is 0.0341. The molecule has 0 heterocycles. The zero-order valence-electron chi connectivity index (χ0n) is 14.0. The summed E-state index contributed by atoms with van der Waals surface area (Å²) in [5.74, 6) is 1.40. The van der Waals surface area contributed by atoms with E-state index in [1.807, 2.05) is 42.5 Å². The summed E-state index contributed by atoms with van der Waals surface area (Å²) in [6.45, 7) is 0.602. The highest BCUT2D eigenvalue weighted by molar-refractivity contribution is 6.30. The number of halogens is 1. The van der Waals surface area contributed by atoms with Gasteiger partial charge in [-0.1, -0.05) is 29.8 Å². The van der Waals surface area contributed by atoms with Crippen LogP contribution < -0.4 is 14.8 Å². The van der Waals surface area contributed by atoms with Gasteiger partial charge < -0.3 is 14.8 Å². The highest BCUT2D eigenvalue weighted by atomic mass is 35.5. The Hall–Kier alpha value is -2.20. The molecule has 0 fully saturated rings. The maximum absolute atomic E-state index is 12.0. The van der Waals surface area contributed by atoms with Gasteiger partial charge >= 0.3 is 0 Å². The summed E-state index contributed by atoms with van der Waals surface area (Å²) in [7, 11) is 3.20. The molecule has 4 nitrogen and oxygen atoms in total. The molecule has 0 unspecified atom stereocenters. The lowest BCUT2D eigenvalue weighted by atomic mass is 10.1. The average molecular weight is 348 g/mol. The number of carbonyl (C=O) groups is 1. The highest BCUT2D eigenvalue weighted by Gasteiger charge is 2.07. The van der Waals surface area contributed by atoms with Crippen LogP contribution >= 0.6 is 11.6 Å². The molecule has 0 aliphatic heterocycles. The first kappa shape index (κ1) is 18.1. The van der Waals surface area contributed by atoms with Gasteiger partial charge in [0.25, 0.3) is 0 Å². The number of hydrogen-bond donors (Lipinski definition) is 1. The number of rotatable bonds is 8. The van der Waals surface area contributed by atoms with E-state index >= 15 is 0 Å². The fourth-order valence-corrected chi connectivity index (χ4v) is 2.63. The third kappa shape index (κ3) is 5.46. The van der Waals surface area contributed by atoms with Crippen LogP contribution in [0.1, 0.15) is 17.5 Å². The molecule has 0 spiro atoms. The molecule has 0 atom stereocenters. The van der Waals surface area contributed by atoms with Gasteiger partial charge in [0.05, 0.1) is 14.2 Å². The third-order valence-electron chi connectivity index (χ3n) is 3.71. The van der Waals surface area contributed by atoms with E-state index in [9.17, 15) is 4.79 Å². The Morgan fingerprint density at radius 3 is 2.46 bits per heavy atom. The Morgan fingerprint density at radius 2 is 1.75 bits per heavy atom. The van der Waals surface area contributed by atoms with E-state index in [1.54, 1.807) is 14.2 Å². The predicted molar refractivity (Wildman–Crippen MR) is 96.0 cm³/mol. The molecule has 0 aliphatic carbocycles. The van der Waals surface area contributed by atoms with Crippen molar-refractivity contribution >= 4 is 17.5 Å². The smallest absolute Gasteiger partial charge is 0.220 e. The lowest BCUT2D eigenvalue weighted by molar-refractivity contribution is -0.121. The summed E-state index contributed by atoms with van der Waals surface area (Å²) in [6.07, 6.45) is 1.86. The number of aryl methyl sites for hydroxylation is 1. The van der Waals surface area contributed by atoms with Crippen molar-refractivity contribution in [1.82, 2.24) is 5.32 Å². The molecule has 0 aromatic heterocycles. The molecular weight excluding hydrogens is 326 g/mol. The first-order valence-corrected chi connectivity index (χ1v) is 8.22. The maximum Gasteiger partial charge on any atom is 0.220 e. The number of benzene rings is 2. The van der Waals surface area contributed by atoms with Crippen molar-refractivity contribution in [2.45, 2.75) is 19.3 Å². The van der Waals surface area contributed by atoms with Crippen LogP contribution in [0.25, 0.3) is 0 Å². The number of nitrogens with one attached hydrogen (secondary N) is 1. The van der Waals surface area contributed by atoms with Crippen LogP contribution in [0.3, 0.4) is 0 Å². The average Bonchev–Trinajstić information content (AvgIpc) is 2.59. The standard InChI is InChI=1S/C19H22ClNO3/c1-23-17-8-6-15(13-18(17)24-2)7-9-19(22)21-11-10-14-4-3-5-16(20)12-14/h3-6,8,12-13H,7,9-11H2,1-2H3,(H,21,22). The van der Waals surface area contributed by atoms with Gasteiger partial charge in [0.15, 0.2) is 11.5 Å². The highest BCUT2D eigenvalue weighted by Crippen LogP contribution is 2.27. The van der Waals surface area contributed by atoms with Gasteiger partial charge in [-0.2, -0.15) is 0 Å². The summed E-state index contributed by atoms with van der Waals surface area (Å²) >= 11 is 5.94. The molecule has 0 aliphatic rings. The van der Waals surface area contributed by atoms with Gasteiger partial charge in [-0.25, -0.2) is 0 Å². The van der Waals surface area contributed by atoms with Crippen LogP contribution in [-0.2, 0) is 17.6 Å².